The number of nitriles is 1. The SMILES string of the molecule is C[C@H](NC(=O)COc1ccccc1)C(=O)O[C@@H](C)C#N. The molecule has 6 heteroatoms. The van der Waals surface area contributed by atoms with Crippen LogP contribution in [0, 0.1) is 11.3 Å². The predicted molar refractivity (Wildman–Crippen MR) is 70.7 cm³/mol. The Balaban J connectivity index is 2.35. The molecule has 0 unspecified atom stereocenters. The van der Waals surface area contributed by atoms with E-state index in [0.717, 1.165) is 0 Å². The van der Waals surface area contributed by atoms with Gasteiger partial charge in [0.1, 0.15) is 17.9 Å². The van der Waals surface area contributed by atoms with E-state index in [-0.39, 0.29) is 6.61 Å². The van der Waals surface area contributed by atoms with Crippen molar-refractivity contribution in [2.24, 2.45) is 0 Å². The van der Waals surface area contributed by atoms with Gasteiger partial charge in [0.15, 0.2) is 12.7 Å². The predicted octanol–water partition coefficient (Wildman–Crippen LogP) is 1.03. The molecule has 0 heterocycles. The minimum atomic E-state index is -0.845. The van der Waals surface area contributed by atoms with Crippen molar-refractivity contribution < 1.29 is 19.1 Å². The third kappa shape index (κ3) is 5.40. The largest absolute Gasteiger partial charge is 0.484 e. The maximum Gasteiger partial charge on any atom is 0.329 e. The molecule has 6 nitrogen and oxygen atoms in total. The van der Waals surface area contributed by atoms with Gasteiger partial charge in [0.25, 0.3) is 5.91 Å². The summed E-state index contributed by atoms with van der Waals surface area (Å²) in [6.45, 7) is 2.73. The number of carbonyl (C=O) groups is 2. The molecule has 0 saturated heterocycles. The third-order valence-corrected chi connectivity index (χ3v) is 2.32. The van der Waals surface area contributed by atoms with Gasteiger partial charge in [-0.3, -0.25) is 4.79 Å². The quantitative estimate of drug-likeness (QED) is 0.784. The Labute approximate surface area is 117 Å². The fourth-order valence-corrected chi connectivity index (χ4v) is 1.31. The number of rotatable bonds is 6. The van der Waals surface area contributed by atoms with Gasteiger partial charge in [-0.2, -0.15) is 5.26 Å². The van der Waals surface area contributed by atoms with E-state index < -0.39 is 24.0 Å². The highest BCUT2D eigenvalue weighted by Gasteiger charge is 2.19. The number of para-hydroxylation sites is 1. The summed E-state index contributed by atoms with van der Waals surface area (Å²) in [6.07, 6.45) is -0.845. The zero-order chi connectivity index (χ0) is 15.0. The number of hydrogen-bond acceptors (Lipinski definition) is 5. The van der Waals surface area contributed by atoms with E-state index in [1.165, 1.54) is 13.8 Å². The van der Waals surface area contributed by atoms with E-state index >= 15 is 0 Å². The van der Waals surface area contributed by atoms with Crippen LogP contribution >= 0.6 is 0 Å². The summed E-state index contributed by atoms with van der Waals surface area (Å²) in [6, 6.07) is 9.79. The van der Waals surface area contributed by atoms with Gasteiger partial charge in [-0.15, -0.1) is 0 Å². The van der Waals surface area contributed by atoms with Crippen molar-refractivity contribution in [1.29, 1.82) is 5.26 Å². The number of hydrogen-bond donors (Lipinski definition) is 1. The first-order valence-corrected chi connectivity index (χ1v) is 6.10. The molecule has 1 amide bonds. The molecule has 0 aliphatic carbocycles. The van der Waals surface area contributed by atoms with E-state index in [4.69, 9.17) is 14.7 Å². The van der Waals surface area contributed by atoms with E-state index in [0.29, 0.717) is 5.75 Å². The Bertz CT molecular complexity index is 496. The van der Waals surface area contributed by atoms with Gasteiger partial charge >= 0.3 is 5.97 Å². The Morgan fingerprint density at radius 2 is 1.95 bits per heavy atom. The fraction of sp³-hybridized carbons (Fsp3) is 0.357. The highest BCUT2D eigenvalue weighted by Crippen LogP contribution is 2.07. The minimum absolute atomic E-state index is 0.199. The van der Waals surface area contributed by atoms with Crippen molar-refractivity contribution in [2.45, 2.75) is 26.0 Å². The fourth-order valence-electron chi connectivity index (χ4n) is 1.31. The van der Waals surface area contributed by atoms with Gasteiger partial charge in [0, 0.05) is 0 Å². The summed E-state index contributed by atoms with van der Waals surface area (Å²) in [4.78, 5) is 23.1. The molecular formula is C14H16N2O4. The summed E-state index contributed by atoms with van der Waals surface area (Å²) >= 11 is 0. The molecule has 0 aromatic heterocycles. The number of nitrogens with zero attached hydrogens (tertiary/aromatic N) is 1. The van der Waals surface area contributed by atoms with Gasteiger partial charge in [-0.1, -0.05) is 18.2 Å². The van der Waals surface area contributed by atoms with Crippen LogP contribution in [0.3, 0.4) is 0 Å². The van der Waals surface area contributed by atoms with E-state index in [1.54, 1.807) is 30.3 Å². The number of esters is 1. The van der Waals surface area contributed by atoms with E-state index in [1.807, 2.05) is 6.07 Å². The molecule has 0 fully saturated rings. The van der Waals surface area contributed by atoms with Crippen LogP contribution in [0.1, 0.15) is 13.8 Å². The average Bonchev–Trinajstić information content (AvgIpc) is 2.45. The maximum absolute atomic E-state index is 11.6. The summed E-state index contributed by atoms with van der Waals surface area (Å²) < 4.78 is 10.0. The van der Waals surface area contributed by atoms with Crippen LogP contribution in [0.15, 0.2) is 30.3 Å². The normalized spacial score (nSPS) is 12.7. The number of ether oxygens (including phenoxy) is 2. The molecule has 0 bridgehead atoms. The van der Waals surface area contributed by atoms with Gasteiger partial charge < -0.3 is 14.8 Å². The number of carbonyl (C=O) groups excluding carboxylic acids is 2. The van der Waals surface area contributed by atoms with Crippen LogP contribution in [-0.2, 0) is 14.3 Å². The lowest BCUT2D eigenvalue weighted by molar-refractivity contribution is -0.149. The molecule has 0 radical (unpaired) electrons. The van der Waals surface area contributed by atoms with Crippen LogP contribution < -0.4 is 10.1 Å². The molecule has 106 valence electrons. The smallest absolute Gasteiger partial charge is 0.329 e. The molecule has 0 aliphatic rings. The maximum atomic E-state index is 11.6. The lowest BCUT2D eigenvalue weighted by atomic mass is 10.3. The number of nitrogens with one attached hydrogen (secondary N) is 1. The summed E-state index contributed by atoms with van der Waals surface area (Å²) in [7, 11) is 0. The Morgan fingerprint density at radius 1 is 1.30 bits per heavy atom. The summed E-state index contributed by atoms with van der Waals surface area (Å²) in [5.74, 6) is -0.536. The number of benzene rings is 1. The molecule has 0 spiro atoms. The van der Waals surface area contributed by atoms with Crippen molar-refractivity contribution in [1.82, 2.24) is 5.32 Å². The van der Waals surface area contributed by atoms with Crippen LogP contribution in [-0.4, -0.2) is 30.6 Å². The van der Waals surface area contributed by atoms with Crippen LogP contribution in [0.5, 0.6) is 5.75 Å². The van der Waals surface area contributed by atoms with Gasteiger partial charge in [0.05, 0.1) is 0 Å². The van der Waals surface area contributed by atoms with Crippen LogP contribution in [0.4, 0.5) is 0 Å². The molecule has 1 aromatic carbocycles. The van der Waals surface area contributed by atoms with Gasteiger partial charge in [-0.05, 0) is 26.0 Å². The van der Waals surface area contributed by atoms with Crippen molar-refractivity contribution >= 4 is 11.9 Å². The van der Waals surface area contributed by atoms with Crippen molar-refractivity contribution in [3.63, 3.8) is 0 Å². The zero-order valence-electron chi connectivity index (χ0n) is 11.3. The molecule has 1 aromatic rings. The first-order chi connectivity index (χ1) is 9.52. The van der Waals surface area contributed by atoms with Gasteiger partial charge in [-0.25, -0.2) is 4.79 Å². The second-order valence-electron chi connectivity index (χ2n) is 4.10. The second kappa shape index (κ2) is 7.79. The van der Waals surface area contributed by atoms with Crippen molar-refractivity contribution in [3.8, 4) is 11.8 Å². The van der Waals surface area contributed by atoms with Crippen LogP contribution in [0.25, 0.3) is 0 Å². The third-order valence-electron chi connectivity index (χ3n) is 2.32. The van der Waals surface area contributed by atoms with Crippen molar-refractivity contribution in [2.75, 3.05) is 6.61 Å². The molecule has 20 heavy (non-hydrogen) atoms. The topological polar surface area (TPSA) is 88.4 Å². The minimum Gasteiger partial charge on any atom is -0.484 e. The zero-order valence-corrected chi connectivity index (χ0v) is 11.3. The molecule has 0 saturated carbocycles. The first-order valence-electron chi connectivity index (χ1n) is 6.10. The lowest BCUT2D eigenvalue weighted by Crippen LogP contribution is -2.42. The molecule has 1 rings (SSSR count). The monoisotopic (exact) mass is 276 g/mol. The summed E-state index contributed by atoms with van der Waals surface area (Å²) in [5.41, 5.74) is 0. The highest BCUT2D eigenvalue weighted by molar-refractivity contribution is 5.85. The molecular weight excluding hydrogens is 260 g/mol. The molecule has 2 atom stereocenters. The Morgan fingerprint density at radius 3 is 2.55 bits per heavy atom. The highest BCUT2D eigenvalue weighted by atomic mass is 16.5. The van der Waals surface area contributed by atoms with Gasteiger partial charge in [0.2, 0.25) is 0 Å². The number of amides is 1. The second-order valence-corrected chi connectivity index (χ2v) is 4.10. The standard InChI is InChI=1S/C14H16N2O4/c1-10(8-15)20-14(18)11(2)16-13(17)9-19-12-6-4-3-5-7-12/h3-7,10-11H,9H2,1-2H3,(H,16,17)/t10-,11-/m0/s1. The van der Waals surface area contributed by atoms with E-state index in [9.17, 15) is 9.59 Å². The summed E-state index contributed by atoms with van der Waals surface area (Å²) in [5, 5.41) is 11.0. The Hall–Kier alpha value is -2.55. The van der Waals surface area contributed by atoms with Crippen LogP contribution in [0.2, 0.25) is 0 Å². The lowest BCUT2D eigenvalue weighted by Gasteiger charge is -2.14. The van der Waals surface area contributed by atoms with E-state index in [2.05, 4.69) is 5.32 Å². The molecule has 1 N–H and O–H groups in total. The van der Waals surface area contributed by atoms with Crippen molar-refractivity contribution in [3.05, 3.63) is 30.3 Å². The Kier molecular flexibility index (Phi) is 6.04. The molecule has 0 aliphatic heterocycles. The average molecular weight is 276 g/mol. The first kappa shape index (κ1) is 15.5.